The maximum absolute atomic E-state index is 12.8. The lowest BCUT2D eigenvalue weighted by Gasteiger charge is -2.12. The Morgan fingerprint density at radius 2 is 1.83 bits per heavy atom. The van der Waals surface area contributed by atoms with Crippen molar-refractivity contribution in [3.8, 4) is 17.4 Å². The number of hydrogen-bond acceptors (Lipinski definition) is 5. The maximum Gasteiger partial charge on any atom is 0.243 e. The smallest absolute Gasteiger partial charge is 0.243 e. The van der Waals surface area contributed by atoms with E-state index >= 15 is 0 Å². The summed E-state index contributed by atoms with van der Waals surface area (Å²) >= 11 is 0. The van der Waals surface area contributed by atoms with E-state index in [9.17, 15) is 4.79 Å². The largest absolute Gasteiger partial charge is 0.497 e. The van der Waals surface area contributed by atoms with E-state index in [1.165, 1.54) is 0 Å². The van der Waals surface area contributed by atoms with Gasteiger partial charge in [-0.15, -0.1) is 0 Å². The third-order valence-corrected chi connectivity index (χ3v) is 4.73. The molecule has 0 fully saturated rings. The van der Waals surface area contributed by atoms with E-state index in [2.05, 4.69) is 29.2 Å². The summed E-state index contributed by atoms with van der Waals surface area (Å²) in [7, 11) is 1.61. The third-order valence-electron chi connectivity index (χ3n) is 4.73. The number of hydrogen-bond donors (Lipinski definition) is 1. The van der Waals surface area contributed by atoms with E-state index in [0.717, 1.165) is 29.2 Å². The molecule has 7 heteroatoms. The number of carbonyl (C=O) groups is 1. The van der Waals surface area contributed by atoms with Gasteiger partial charge in [0.15, 0.2) is 0 Å². The number of anilines is 1. The zero-order chi connectivity index (χ0) is 21.7. The van der Waals surface area contributed by atoms with Crippen LogP contribution in [0.15, 0.2) is 42.6 Å². The molecule has 30 heavy (non-hydrogen) atoms. The fraction of sp³-hybridized carbons (Fsp3) is 0.348. The third kappa shape index (κ3) is 5.17. The highest BCUT2D eigenvalue weighted by molar-refractivity contribution is 5.93. The normalized spacial score (nSPS) is 10.9. The summed E-state index contributed by atoms with van der Waals surface area (Å²) in [5.41, 5.74) is 3.37. The molecule has 0 atom stereocenters. The van der Waals surface area contributed by atoms with Crippen LogP contribution < -0.4 is 14.8 Å². The van der Waals surface area contributed by atoms with Crippen LogP contribution in [-0.2, 0) is 17.8 Å². The SMILES string of the molecule is COc1ccc(Oc2ncccc2NC(=O)Cc2c(C)nn(CC(C)C)c2C)cc1. The van der Waals surface area contributed by atoms with Gasteiger partial charge in [-0.2, -0.15) is 5.10 Å². The van der Waals surface area contributed by atoms with Gasteiger partial charge in [0, 0.05) is 24.0 Å². The molecule has 3 rings (SSSR count). The number of nitrogens with zero attached hydrogens (tertiary/aromatic N) is 3. The summed E-state index contributed by atoms with van der Waals surface area (Å²) in [6, 6.07) is 10.7. The fourth-order valence-corrected chi connectivity index (χ4v) is 3.19. The van der Waals surface area contributed by atoms with Gasteiger partial charge in [-0.3, -0.25) is 9.48 Å². The Hall–Kier alpha value is -3.35. The first-order valence-electron chi connectivity index (χ1n) is 9.97. The second-order valence-corrected chi connectivity index (χ2v) is 7.58. The second-order valence-electron chi connectivity index (χ2n) is 7.58. The van der Waals surface area contributed by atoms with Crippen LogP contribution in [-0.4, -0.2) is 27.8 Å². The van der Waals surface area contributed by atoms with Crippen molar-refractivity contribution in [2.45, 2.75) is 40.7 Å². The fourth-order valence-electron chi connectivity index (χ4n) is 3.19. The van der Waals surface area contributed by atoms with Crippen LogP contribution >= 0.6 is 0 Å². The lowest BCUT2D eigenvalue weighted by atomic mass is 10.1. The predicted octanol–water partition coefficient (Wildman–Crippen LogP) is 4.53. The molecular formula is C23H28N4O3. The molecule has 7 nitrogen and oxygen atoms in total. The second kappa shape index (κ2) is 9.43. The minimum atomic E-state index is -0.141. The lowest BCUT2D eigenvalue weighted by Crippen LogP contribution is -2.16. The van der Waals surface area contributed by atoms with Crippen LogP contribution in [0.5, 0.6) is 17.4 Å². The Morgan fingerprint density at radius 3 is 2.50 bits per heavy atom. The highest BCUT2D eigenvalue weighted by Gasteiger charge is 2.17. The van der Waals surface area contributed by atoms with E-state index in [0.29, 0.717) is 23.2 Å². The van der Waals surface area contributed by atoms with Gasteiger partial charge >= 0.3 is 0 Å². The van der Waals surface area contributed by atoms with E-state index in [1.807, 2.05) is 18.5 Å². The van der Waals surface area contributed by atoms with Gasteiger partial charge in [-0.25, -0.2) is 4.98 Å². The Kier molecular flexibility index (Phi) is 6.72. The van der Waals surface area contributed by atoms with Crippen molar-refractivity contribution in [3.05, 3.63) is 59.5 Å². The quantitative estimate of drug-likeness (QED) is 0.592. The first-order valence-corrected chi connectivity index (χ1v) is 9.97. The predicted molar refractivity (Wildman–Crippen MR) is 116 cm³/mol. The average molecular weight is 409 g/mol. The first kappa shape index (κ1) is 21.4. The van der Waals surface area contributed by atoms with Crippen LogP contribution in [0.3, 0.4) is 0 Å². The van der Waals surface area contributed by atoms with Crippen molar-refractivity contribution in [2.75, 3.05) is 12.4 Å². The Morgan fingerprint density at radius 1 is 1.13 bits per heavy atom. The number of nitrogens with one attached hydrogen (secondary N) is 1. The molecule has 158 valence electrons. The van der Waals surface area contributed by atoms with Crippen molar-refractivity contribution < 1.29 is 14.3 Å². The van der Waals surface area contributed by atoms with Crippen LogP contribution in [0.2, 0.25) is 0 Å². The molecule has 2 aromatic heterocycles. The summed E-state index contributed by atoms with van der Waals surface area (Å²) in [6.07, 6.45) is 1.87. The van der Waals surface area contributed by atoms with Crippen molar-refractivity contribution in [1.82, 2.24) is 14.8 Å². The Balaban J connectivity index is 1.72. The summed E-state index contributed by atoms with van der Waals surface area (Å²) in [5, 5.41) is 7.51. The maximum atomic E-state index is 12.8. The van der Waals surface area contributed by atoms with Gasteiger partial charge in [-0.05, 0) is 56.2 Å². The van der Waals surface area contributed by atoms with Gasteiger partial charge in [0.2, 0.25) is 11.8 Å². The number of pyridine rings is 1. The number of benzene rings is 1. The summed E-state index contributed by atoms with van der Waals surface area (Å²) in [6.45, 7) is 9.07. The van der Waals surface area contributed by atoms with Crippen LogP contribution in [0.1, 0.15) is 30.8 Å². The minimum Gasteiger partial charge on any atom is -0.497 e. The topological polar surface area (TPSA) is 78.3 Å². The van der Waals surface area contributed by atoms with Gasteiger partial charge in [0.05, 0.1) is 19.2 Å². The number of methoxy groups -OCH3 is 1. The molecule has 1 amide bonds. The van der Waals surface area contributed by atoms with Crippen molar-refractivity contribution in [2.24, 2.45) is 5.92 Å². The number of aryl methyl sites for hydroxylation is 1. The number of rotatable bonds is 8. The molecular weight excluding hydrogens is 380 g/mol. The molecule has 0 unspecified atom stereocenters. The van der Waals surface area contributed by atoms with Crippen molar-refractivity contribution in [3.63, 3.8) is 0 Å². The number of aromatic nitrogens is 3. The van der Waals surface area contributed by atoms with Crippen LogP contribution in [0, 0.1) is 19.8 Å². The minimum absolute atomic E-state index is 0.141. The molecule has 0 spiro atoms. The standard InChI is InChI=1S/C23H28N4O3/c1-15(2)14-27-17(4)20(16(3)26-27)13-22(28)25-21-7-6-12-24-23(21)30-19-10-8-18(29-5)9-11-19/h6-12,15H,13-14H2,1-5H3,(H,25,28). The number of ether oxygens (including phenoxy) is 2. The Bertz CT molecular complexity index is 1010. The zero-order valence-electron chi connectivity index (χ0n) is 18.1. The number of amides is 1. The molecule has 0 saturated heterocycles. The van der Waals surface area contributed by atoms with E-state index in [4.69, 9.17) is 9.47 Å². The molecule has 0 aliphatic rings. The van der Waals surface area contributed by atoms with Gasteiger partial charge in [0.1, 0.15) is 17.2 Å². The summed E-state index contributed by atoms with van der Waals surface area (Å²) in [4.78, 5) is 17.0. The molecule has 0 saturated carbocycles. The highest BCUT2D eigenvalue weighted by atomic mass is 16.5. The molecule has 0 radical (unpaired) electrons. The zero-order valence-corrected chi connectivity index (χ0v) is 18.1. The molecule has 0 aliphatic heterocycles. The van der Waals surface area contributed by atoms with E-state index < -0.39 is 0 Å². The molecule has 0 aliphatic carbocycles. The first-order chi connectivity index (χ1) is 14.4. The van der Waals surface area contributed by atoms with Crippen LogP contribution in [0.4, 0.5) is 5.69 Å². The van der Waals surface area contributed by atoms with Gasteiger partial charge in [-0.1, -0.05) is 13.8 Å². The molecule has 1 aromatic carbocycles. The van der Waals surface area contributed by atoms with Gasteiger partial charge < -0.3 is 14.8 Å². The lowest BCUT2D eigenvalue weighted by molar-refractivity contribution is -0.115. The number of carbonyl (C=O) groups excluding carboxylic acids is 1. The molecule has 3 aromatic rings. The summed E-state index contributed by atoms with van der Waals surface area (Å²) in [5.74, 6) is 2.02. The average Bonchev–Trinajstić information content (AvgIpc) is 2.97. The molecule has 0 bridgehead atoms. The van der Waals surface area contributed by atoms with E-state index in [1.54, 1.807) is 49.7 Å². The Labute approximate surface area is 177 Å². The van der Waals surface area contributed by atoms with Crippen molar-refractivity contribution >= 4 is 11.6 Å². The summed E-state index contributed by atoms with van der Waals surface area (Å²) < 4.78 is 13.0. The highest BCUT2D eigenvalue weighted by Crippen LogP contribution is 2.28. The molecule has 1 N–H and O–H groups in total. The van der Waals surface area contributed by atoms with Gasteiger partial charge in [0.25, 0.3) is 0 Å². The van der Waals surface area contributed by atoms with E-state index in [-0.39, 0.29) is 12.3 Å². The molecule has 2 heterocycles. The van der Waals surface area contributed by atoms with Crippen LogP contribution in [0.25, 0.3) is 0 Å². The van der Waals surface area contributed by atoms with Crippen molar-refractivity contribution in [1.29, 1.82) is 0 Å². The monoisotopic (exact) mass is 408 g/mol.